The van der Waals surface area contributed by atoms with E-state index in [1.165, 1.54) is 5.56 Å². The number of benzene rings is 2. The van der Waals surface area contributed by atoms with E-state index in [2.05, 4.69) is 34.5 Å². The van der Waals surface area contributed by atoms with Crippen molar-refractivity contribution in [2.75, 3.05) is 32.9 Å². The molecule has 1 heterocycles. The summed E-state index contributed by atoms with van der Waals surface area (Å²) >= 11 is 0. The van der Waals surface area contributed by atoms with Gasteiger partial charge in [-0.2, -0.15) is 0 Å². The number of piperazine rings is 1. The average Bonchev–Trinajstić information content (AvgIpc) is 2.58. The monoisotopic (exact) mass is 284 g/mol. The van der Waals surface area contributed by atoms with Gasteiger partial charge in [-0.1, -0.05) is 48.5 Å². The molecule has 3 rings (SSSR count). The Bertz CT molecular complexity index is 564. The second-order valence-electron chi connectivity index (χ2n) is 5.45. The summed E-state index contributed by atoms with van der Waals surface area (Å²) in [5.74, 6) is 0. The van der Waals surface area contributed by atoms with Gasteiger partial charge in [0.15, 0.2) is 0 Å². The summed E-state index contributed by atoms with van der Waals surface area (Å²) in [5.41, 5.74) is 3.40. The van der Waals surface area contributed by atoms with Gasteiger partial charge in [-0.25, -0.2) is 4.39 Å². The molecule has 0 bridgehead atoms. The Morgan fingerprint density at radius 3 is 2.38 bits per heavy atom. The smallest absolute Gasteiger partial charge is 0.109 e. The van der Waals surface area contributed by atoms with Gasteiger partial charge in [0.1, 0.15) is 6.67 Å². The van der Waals surface area contributed by atoms with Crippen LogP contribution in [0.25, 0.3) is 11.1 Å². The van der Waals surface area contributed by atoms with E-state index in [0.717, 1.165) is 37.3 Å². The Balaban J connectivity index is 1.87. The van der Waals surface area contributed by atoms with Gasteiger partial charge in [-0.15, -0.1) is 0 Å². The van der Waals surface area contributed by atoms with Gasteiger partial charge < -0.3 is 5.32 Å². The third-order valence-corrected chi connectivity index (χ3v) is 4.12. The molecule has 2 aromatic carbocycles. The third-order valence-electron chi connectivity index (χ3n) is 4.12. The van der Waals surface area contributed by atoms with Crippen molar-refractivity contribution in [3.05, 3.63) is 60.2 Å². The first-order valence-electron chi connectivity index (χ1n) is 7.54. The molecule has 1 aliphatic heterocycles. The van der Waals surface area contributed by atoms with E-state index in [-0.39, 0.29) is 12.7 Å². The molecule has 1 saturated heterocycles. The fourth-order valence-electron chi connectivity index (χ4n) is 2.95. The number of rotatable bonds is 4. The van der Waals surface area contributed by atoms with Crippen LogP contribution in [0.15, 0.2) is 54.6 Å². The zero-order valence-corrected chi connectivity index (χ0v) is 12.1. The van der Waals surface area contributed by atoms with E-state index in [1.54, 1.807) is 0 Å². The van der Waals surface area contributed by atoms with Gasteiger partial charge in [-0.3, -0.25) is 4.90 Å². The summed E-state index contributed by atoms with van der Waals surface area (Å²) in [5, 5.41) is 3.32. The van der Waals surface area contributed by atoms with Crippen molar-refractivity contribution in [1.29, 1.82) is 0 Å². The van der Waals surface area contributed by atoms with Gasteiger partial charge in [0, 0.05) is 26.2 Å². The highest BCUT2D eigenvalue weighted by molar-refractivity contribution is 5.64. The van der Waals surface area contributed by atoms with Crippen LogP contribution in [-0.2, 0) is 0 Å². The summed E-state index contributed by atoms with van der Waals surface area (Å²) in [6.07, 6.45) is 0. The molecule has 1 atom stereocenters. The van der Waals surface area contributed by atoms with Gasteiger partial charge in [0.25, 0.3) is 0 Å². The Hall–Kier alpha value is -1.71. The molecule has 2 aromatic rings. The molecule has 0 unspecified atom stereocenters. The Kier molecular flexibility index (Phi) is 4.63. The lowest BCUT2D eigenvalue weighted by atomic mass is 9.99. The number of hydrogen-bond donors (Lipinski definition) is 1. The summed E-state index contributed by atoms with van der Waals surface area (Å²) < 4.78 is 13.6. The van der Waals surface area contributed by atoms with E-state index in [9.17, 15) is 4.39 Å². The lowest BCUT2D eigenvalue weighted by Crippen LogP contribution is -2.45. The number of hydrogen-bond acceptors (Lipinski definition) is 2. The van der Waals surface area contributed by atoms with Crippen LogP contribution in [0.4, 0.5) is 4.39 Å². The van der Waals surface area contributed by atoms with Crippen LogP contribution >= 0.6 is 0 Å². The predicted molar refractivity (Wildman–Crippen MR) is 85.0 cm³/mol. The van der Waals surface area contributed by atoms with E-state index in [1.807, 2.05) is 30.3 Å². The summed E-state index contributed by atoms with van der Waals surface area (Å²) in [4.78, 5) is 2.24. The minimum atomic E-state index is -0.335. The van der Waals surface area contributed by atoms with E-state index in [4.69, 9.17) is 0 Å². The van der Waals surface area contributed by atoms with Crippen LogP contribution in [0.3, 0.4) is 0 Å². The lowest BCUT2D eigenvalue weighted by molar-refractivity contribution is 0.147. The molecule has 0 spiro atoms. The minimum Gasteiger partial charge on any atom is -0.314 e. The topological polar surface area (TPSA) is 15.3 Å². The zero-order valence-electron chi connectivity index (χ0n) is 12.1. The van der Waals surface area contributed by atoms with Gasteiger partial charge in [-0.05, 0) is 22.8 Å². The fraction of sp³-hybridized carbons (Fsp3) is 0.333. The molecule has 0 aliphatic carbocycles. The lowest BCUT2D eigenvalue weighted by Gasteiger charge is -2.33. The Morgan fingerprint density at radius 1 is 0.952 bits per heavy atom. The second-order valence-corrected chi connectivity index (χ2v) is 5.45. The van der Waals surface area contributed by atoms with Crippen molar-refractivity contribution in [1.82, 2.24) is 10.2 Å². The van der Waals surface area contributed by atoms with E-state index < -0.39 is 0 Å². The van der Waals surface area contributed by atoms with Gasteiger partial charge in [0.05, 0.1) is 6.04 Å². The van der Waals surface area contributed by atoms with Crippen LogP contribution in [-0.4, -0.2) is 37.8 Å². The second kappa shape index (κ2) is 6.83. The maximum Gasteiger partial charge on any atom is 0.109 e. The molecule has 3 heteroatoms. The average molecular weight is 284 g/mol. The highest BCUT2D eigenvalue weighted by Gasteiger charge is 2.22. The quantitative estimate of drug-likeness (QED) is 0.927. The maximum absolute atomic E-state index is 13.6. The summed E-state index contributed by atoms with van der Waals surface area (Å²) in [6.45, 7) is 3.36. The molecule has 110 valence electrons. The third kappa shape index (κ3) is 3.31. The standard InChI is InChI=1S/C18H21FN2/c19-14-18(21-11-9-20-10-12-21)17-8-4-7-16(13-17)15-5-2-1-3-6-15/h1-8,13,18,20H,9-12,14H2/t18-/m0/s1. The highest BCUT2D eigenvalue weighted by atomic mass is 19.1. The molecule has 21 heavy (non-hydrogen) atoms. The number of nitrogens with one attached hydrogen (secondary N) is 1. The first-order chi connectivity index (χ1) is 10.4. The largest absolute Gasteiger partial charge is 0.314 e. The first kappa shape index (κ1) is 14.2. The normalized spacial score (nSPS) is 17.6. The molecular weight excluding hydrogens is 263 g/mol. The zero-order chi connectivity index (χ0) is 14.5. The SMILES string of the molecule is FC[C@@H](c1cccc(-c2ccccc2)c1)N1CCNCC1. The molecule has 2 nitrogen and oxygen atoms in total. The van der Waals surface area contributed by atoms with E-state index in [0.29, 0.717) is 0 Å². The molecule has 1 aliphatic rings. The molecular formula is C18H21FN2. The van der Waals surface area contributed by atoms with Crippen molar-refractivity contribution in [3.63, 3.8) is 0 Å². The highest BCUT2D eigenvalue weighted by Crippen LogP contribution is 2.27. The van der Waals surface area contributed by atoms with Crippen LogP contribution in [0.5, 0.6) is 0 Å². The van der Waals surface area contributed by atoms with Crippen molar-refractivity contribution >= 4 is 0 Å². The van der Waals surface area contributed by atoms with Gasteiger partial charge in [0.2, 0.25) is 0 Å². The Labute approximate surface area is 125 Å². The summed E-state index contributed by atoms with van der Waals surface area (Å²) in [6, 6.07) is 18.4. The van der Waals surface area contributed by atoms with Crippen molar-refractivity contribution in [3.8, 4) is 11.1 Å². The molecule has 0 aromatic heterocycles. The predicted octanol–water partition coefficient (Wildman–Crippen LogP) is 3.27. The minimum absolute atomic E-state index is 0.129. The first-order valence-corrected chi connectivity index (χ1v) is 7.54. The Morgan fingerprint density at radius 2 is 1.67 bits per heavy atom. The summed E-state index contributed by atoms with van der Waals surface area (Å²) in [7, 11) is 0. The molecule has 0 radical (unpaired) electrons. The number of nitrogens with zero attached hydrogens (tertiary/aromatic N) is 1. The van der Waals surface area contributed by atoms with E-state index >= 15 is 0 Å². The molecule has 0 amide bonds. The van der Waals surface area contributed by atoms with Crippen molar-refractivity contribution in [2.45, 2.75) is 6.04 Å². The molecule has 0 saturated carbocycles. The van der Waals surface area contributed by atoms with Crippen LogP contribution in [0.1, 0.15) is 11.6 Å². The van der Waals surface area contributed by atoms with Crippen LogP contribution in [0, 0.1) is 0 Å². The van der Waals surface area contributed by atoms with Crippen molar-refractivity contribution in [2.24, 2.45) is 0 Å². The number of halogens is 1. The fourth-order valence-corrected chi connectivity index (χ4v) is 2.95. The van der Waals surface area contributed by atoms with Gasteiger partial charge >= 0.3 is 0 Å². The number of alkyl halides is 1. The molecule has 1 N–H and O–H groups in total. The molecule has 1 fully saturated rings. The maximum atomic E-state index is 13.6. The van der Waals surface area contributed by atoms with Crippen LogP contribution < -0.4 is 5.32 Å². The van der Waals surface area contributed by atoms with Crippen molar-refractivity contribution < 1.29 is 4.39 Å². The van der Waals surface area contributed by atoms with Crippen LogP contribution in [0.2, 0.25) is 0 Å².